The molecule has 0 aliphatic heterocycles. The van der Waals surface area contributed by atoms with Crippen LogP contribution >= 0.6 is 0 Å². The van der Waals surface area contributed by atoms with Crippen molar-refractivity contribution >= 4 is 28.0 Å². The quantitative estimate of drug-likeness (QED) is 0.583. The molecule has 0 aliphatic rings. The van der Waals surface area contributed by atoms with Gasteiger partial charge >= 0.3 is 0 Å². The van der Waals surface area contributed by atoms with Crippen LogP contribution in [0.1, 0.15) is 0 Å². The van der Waals surface area contributed by atoms with E-state index < -0.39 is 4.92 Å². The van der Waals surface area contributed by atoms with Crippen molar-refractivity contribution in [3.05, 3.63) is 53.0 Å². The van der Waals surface area contributed by atoms with Gasteiger partial charge in [0.25, 0.3) is 5.69 Å². The van der Waals surface area contributed by atoms with E-state index in [1.807, 2.05) is 13.2 Å². The molecule has 0 saturated heterocycles. The lowest BCUT2D eigenvalue weighted by molar-refractivity contribution is -0.383. The zero-order chi connectivity index (χ0) is 14.1. The molecule has 2 aromatic heterocycles. The number of hydrogen-bond donors (Lipinski definition) is 1. The van der Waals surface area contributed by atoms with E-state index in [4.69, 9.17) is 0 Å². The zero-order valence-electron chi connectivity index (χ0n) is 10.6. The molecule has 0 spiro atoms. The van der Waals surface area contributed by atoms with Crippen molar-refractivity contribution in [1.82, 2.24) is 14.8 Å². The minimum Gasteiger partial charge on any atom is -0.352 e. The molecule has 3 rings (SSSR count). The van der Waals surface area contributed by atoms with Crippen LogP contribution in [0.4, 0.5) is 17.1 Å². The molecule has 0 bridgehead atoms. The molecule has 3 aromatic rings. The number of rotatable bonds is 3. The Morgan fingerprint density at radius 1 is 1.35 bits per heavy atom. The van der Waals surface area contributed by atoms with E-state index in [0.717, 1.165) is 11.4 Å². The van der Waals surface area contributed by atoms with Gasteiger partial charge in [-0.05, 0) is 6.07 Å². The van der Waals surface area contributed by atoms with Crippen LogP contribution in [0, 0.1) is 10.1 Å². The number of anilines is 2. The van der Waals surface area contributed by atoms with Gasteiger partial charge in [-0.15, -0.1) is 0 Å². The molecular weight excluding hydrogens is 258 g/mol. The van der Waals surface area contributed by atoms with Gasteiger partial charge in [-0.3, -0.25) is 14.8 Å². The fourth-order valence-electron chi connectivity index (χ4n) is 2.06. The molecule has 2 heterocycles. The number of benzene rings is 1. The second-order valence-corrected chi connectivity index (χ2v) is 4.32. The Labute approximate surface area is 114 Å². The van der Waals surface area contributed by atoms with E-state index in [2.05, 4.69) is 15.4 Å². The summed E-state index contributed by atoms with van der Waals surface area (Å²) < 4.78 is 1.67. The van der Waals surface area contributed by atoms with E-state index in [0.29, 0.717) is 10.9 Å². The number of nitro groups is 1. The lowest BCUT2D eigenvalue weighted by Crippen LogP contribution is -1.95. The maximum Gasteiger partial charge on any atom is 0.295 e. The highest BCUT2D eigenvalue weighted by atomic mass is 16.6. The van der Waals surface area contributed by atoms with Crippen molar-refractivity contribution in [3.63, 3.8) is 0 Å². The Hall–Kier alpha value is -2.96. The second-order valence-electron chi connectivity index (χ2n) is 4.32. The summed E-state index contributed by atoms with van der Waals surface area (Å²) in [5.74, 6) is 0. The van der Waals surface area contributed by atoms with Crippen LogP contribution < -0.4 is 5.32 Å². The van der Waals surface area contributed by atoms with Crippen LogP contribution in [0.15, 0.2) is 42.9 Å². The van der Waals surface area contributed by atoms with E-state index in [1.165, 1.54) is 6.07 Å². The van der Waals surface area contributed by atoms with Crippen molar-refractivity contribution in [1.29, 1.82) is 0 Å². The van der Waals surface area contributed by atoms with Crippen molar-refractivity contribution in [2.24, 2.45) is 7.05 Å². The fourth-order valence-corrected chi connectivity index (χ4v) is 2.06. The lowest BCUT2D eigenvalue weighted by Gasteiger charge is -2.07. The minimum atomic E-state index is -0.427. The van der Waals surface area contributed by atoms with Gasteiger partial charge in [-0.1, -0.05) is 12.1 Å². The smallest absolute Gasteiger partial charge is 0.295 e. The number of hydrogen-bond acceptors (Lipinski definition) is 5. The molecule has 0 fully saturated rings. The van der Waals surface area contributed by atoms with Gasteiger partial charge in [0, 0.05) is 36.6 Å². The molecule has 0 aliphatic carbocycles. The molecule has 100 valence electrons. The van der Waals surface area contributed by atoms with Gasteiger partial charge in [-0.2, -0.15) is 5.10 Å². The summed E-state index contributed by atoms with van der Waals surface area (Å²) in [6.45, 7) is 0. The Morgan fingerprint density at radius 3 is 2.90 bits per heavy atom. The third kappa shape index (κ3) is 2.05. The standard InChI is InChI=1S/C13H11N5O2/c1-17-8-9(7-15-17)16-11-5-6-14-13-10(11)3-2-4-12(13)18(19)20/h2-8H,1H3,(H,14,16). The van der Waals surface area contributed by atoms with E-state index >= 15 is 0 Å². The van der Waals surface area contributed by atoms with Crippen LogP contribution in [-0.4, -0.2) is 19.7 Å². The summed E-state index contributed by atoms with van der Waals surface area (Å²) in [6.07, 6.45) is 5.06. The minimum absolute atomic E-state index is 0.00247. The largest absolute Gasteiger partial charge is 0.352 e. The highest BCUT2D eigenvalue weighted by molar-refractivity contribution is 5.97. The number of aromatic nitrogens is 3. The highest BCUT2D eigenvalue weighted by Crippen LogP contribution is 2.30. The van der Waals surface area contributed by atoms with Crippen molar-refractivity contribution in [2.45, 2.75) is 0 Å². The molecular formula is C13H11N5O2. The van der Waals surface area contributed by atoms with E-state index in [-0.39, 0.29) is 5.69 Å². The number of para-hydroxylation sites is 1. The summed E-state index contributed by atoms with van der Waals surface area (Å²) in [4.78, 5) is 14.7. The predicted molar refractivity (Wildman–Crippen MR) is 74.9 cm³/mol. The predicted octanol–water partition coefficient (Wildman–Crippen LogP) is 2.62. The average molecular weight is 269 g/mol. The number of aryl methyl sites for hydroxylation is 1. The molecule has 0 atom stereocenters. The SMILES string of the molecule is Cn1cc(Nc2ccnc3c([N+](=O)[O-])cccc23)cn1. The zero-order valence-corrected chi connectivity index (χ0v) is 10.6. The Bertz CT molecular complexity index is 796. The number of pyridine rings is 1. The Kier molecular flexibility index (Phi) is 2.79. The number of non-ortho nitro benzene ring substituents is 1. The molecule has 7 nitrogen and oxygen atoms in total. The topological polar surface area (TPSA) is 85.9 Å². The third-order valence-corrected chi connectivity index (χ3v) is 2.93. The number of nitrogens with zero attached hydrogens (tertiary/aromatic N) is 4. The van der Waals surface area contributed by atoms with Gasteiger partial charge < -0.3 is 5.32 Å². The third-order valence-electron chi connectivity index (χ3n) is 2.93. The van der Waals surface area contributed by atoms with Crippen LogP contribution in [0.5, 0.6) is 0 Å². The fraction of sp³-hybridized carbons (Fsp3) is 0.0769. The first-order valence-electron chi connectivity index (χ1n) is 5.93. The van der Waals surface area contributed by atoms with Gasteiger partial charge in [0.2, 0.25) is 0 Å². The maximum atomic E-state index is 11.0. The maximum absolute atomic E-state index is 11.0. The Morgan fingerprint density at radius 2 is 2.20 bits per heavy atom. The van der Waals surface area contributed by atoms with Gasteiger partial charge in [0.1, 0.15) is 5.52 Å². The van der Waals surface area contributed by atoms with Gasteiger partial charge in [0.05, 0.1) is 16.8 Å². The lowest BCUT2D eigenvalue weighted by atomic mass is 10.1. The molecule has 0 unspecified atom stereocenters. The summed E-state index contributed by atoms with van der Waals surface area (Å²) in [5, 5.41) is 19.0. The van der Waals surface area contributed by atoms with Crippen molar-refractivity contribution in [2.75, 3.05) is 5.32 Å². The van der Waals surface area contributed by atoms with Crippen molar-refractivity contribution < 1.29 is 4.92 Å². The first-order valence-corrected chi connectivity index (χ1v) is 5.93. The number of nitro benzene ring substituents is 1. The summed E-state index contributed by atoms with van der Waals surface area (Å²) >= 11 is 0. The van der Waals surface area contributed by atoms with Crippen molar-refractivity contribution in [3.8, 4) is 0 Å². The molecule has 1 aromatic carbocycles. The van der Waals surface area contributed by atoms with Crippen LogP contribution in [0.25, 0.3) is 10.9 Å². The monoisotopic (exact) mass is 269 g/mol. The molecule has 7 heteroatoms. The van der Waals surface area contributed by atoms with Gasteiger partial charge in [-0.25, -0.2) is 4.98 Å². The molecule has 0 saturated carbocycles. The van der Waals surface area contributed by atoms with Gasteiger partial charge in [0.15, 0.2) is 0 Å². The van der Waals surface area contributed by atoms with Crippen LogP contribution in [-0.2, 0) is 7.05 Å². The van der Waals surface area contributed by atoms with E-state index in [9.17, 15) is 10.1 Å². The summed E-state index contributed by atoms with van der Waals surface area (Å²) in [7, 11) is 1.82. The summed E-state index contributed by atoms with van der Waals surface area (Å²) in [5.41, 5.74) is 1.93. The summed E-state index contributed by atoms with van der Waals surface area (Å²) in [6, 6.07) is 6.67. The van der Waals surface area contributed by atoms with Crippen LogP contribution in [0.3, 0.4) is 0 Å². The second kappa shape index (κ2) is 4.61. The first-order chi connectivity index (χ1) is 9.65. The van der Waals surface area contributed by atoms with Crippen LogP contribution in [0.2, 0.25) is 0 Å². The number of fused-ring (bicyclic) bond motifs is 1. The first kappa shape index (κ1) is 12.1. The number of nitrogens with one attached hydrogen (secondary N) is 1. The average Bonchev–Trinajstić information content (AvgIpc) is 2.84. The highest BCUT2D eigenvalue weighted by Gasteiger charge is 2.14. The molecule has 0 radical (unpaired) electrons. The molecule has 0 amide bonds. The van der Waals surface area contributed by atoms with E-state index in [1.54, 1.807) is 35.3 Å². The Balaban J connectivity index is 2.12. The molecule has 20 heavy (non-hydrogen) atoms. The normalized spacial score (nSPS) is 10.7. The molecule has 1 N–H and O–H groups in total.